The molecule has 72 valence electrons. The molecule has 0 saturated heterocycles. The van der Waals surface area contributed by atoms with Gasteiger partial charge in [-0.05, 0) is 12.3 Å². The van der Waals surface area contributed by atoms with Crippen molar-refractivity contribution in [2.24, 2.45) is 11.8 Å². The fourth-order valence-electron chi connectivity index (χ4n) is 1.51. The van der Waals surface area contributed by atoms with Crippen LogP contribution in [-0.2, 0) is 9.53 Å². The van der Waals surface area contributed by atoms with E-state index in [0.29, 0.717) is 5.92 Å². The second-order valence-electron chi connectivity index (χ2n) is 3.55. The molecule has 0 rings (SSSR count). The van der Waals surface area contributed by atoms with Crippen LogP contribution in [-0.4, -0.2) is 13.1 Å². The summed E-state index contributed by atoms with van der Waals surface area (Å²) in [7, 11) is 1.45. The van der Waals surface area contributed by atoms with Gasteiger partial charge in [0.25, 0.3) is 0 Å². The third kappa shape index (κ3) is 4.37. The zero-order chi connectivity index (χ0) is 9.56. The number of carbonyl (C=O) groups excluding carboxylic acids is 1. The van der Waals surface area contributed by atoms with Crippen LogP contribution < -0.4 is 0 Å². The highest BCUT2D eigenvalue weighted by atomic mass is 16.5. The molecule has 0 amide bonds. The molecule has 0 aromatic rings. The fourth-order valence-corrected chi connectivity index (χ4v) is 1.51. The van der Waals surface area contributed by atoms with Crippen molar-refractivity contribution in [3.05, 3.63) is 0 Å². The van der Waals surface area contributed by atoms with Crippen molar-refractivity contribution < 1.29 is 9.53 Å². The van der Waals surface area contributed by atoms with E-state index in [9.17, 15) is 4.79 Å². The van der Waals surface area contributed by atoms with Crippen LogP contribution in [0.15, 0.2) is 0 Å². The van der Waals surface area contributed by atoms with E-state index in [-0.39, 0.29) is 11.9 Å². The molecule has 2 unspecified atom stereocenters. The van der Waals surface area contributed by atoms with E-state index in [2.05, 4.69) is 18.6 Å². The smallest absolute Gasteiger partial charge is 0.308 e. The van der Waals surface area contributed by atoms with Gasteiger partial charge in [0.1, 0.15) is 0 Å². The van der Waals surface area contributed by atoms with Crippen molar-refractivity contribution in [1.29, 1.82) is 0 Å². The predicted octanol–water partition coefficient (Wildman–Crippen LogP) is 2.62. The van der Waals surface area contributed by atoms with Crippen LogP contribution >= 0.6 is 0 Å². The van der Waals surface area contributed by atoms with Crippen molar-refractivity contribution in [2.45, 2.75) is 40.0 Å². The summed E-state index contributed by atoms with van der Waals surface area (Å²) in [5.74, 6) is 0.596. The molecule has 0 N–H and O–H groups in total. The summed E-state index contributed by atoms with van der Waals surface area (Å²) in [5, 5.41) is 0. The second-order valence-corrected chi connectivity index (χ2v) is 3.55. The zero-order valence-corrected chi connectivity index (χ0v) is 8.59. The van der Waals surface area contributed by atoms with Gasteiger partial charge >= 0.3 is 5.97 Å². The van der Waals surface area contributed by atoms with Crippen LogP contribution in [0.25, 0.3) is 0 Å². The molecule has 0 saturated carbocycles. The molecule has 0 aliphatic heterocycles. The number of carbonyl (C=O) groups is 1. The molecule has 0 radical (unpaired) electrons. The molecule has 0 aromatic carbocycles. The molecule has 0 fully saturated rings. The maximum Gasteiger partial charge on any atom is 0.308 e. The summed E-state index contributed by atoms with van der Waals surface area (Å²) < 4.78 is 4.65. The summed E-state index contributed by atoms with van der Waals surface area (Å²) in [6.07, 6.45) is 3.33. The van der Waals surface area contributed by atoms with Gasteiger partial charge in [0.05, 0.1) is 13.0 Å². The Bertz CT molecular complexity index is 132. The highest BCUT2D eigenvalue weighted by molar-refractivity contribution is 5.71. The van der Waals surface area contributed by atoms with Crippen molar-refractivity contribution in [1.82, 2.24) is 0 Å². The molecule has 0 aliphatic carbocycles. The van der Waals surface area contributed by atoms with Gasteiger partial charge in [0.2, 0.25) is 0 Å². The lowest BCUT2D eigenvalue weighted by Gasteiger charge is -2.14. The van der Waals surface area contributed by atoms with E-state index in [1.807, 2.05) is 6.92 Å². The third-order valence-electron chi connectivity index (χ3n) is 2.14. The monoisotopic (exact) mass is 172 g/mol. The molecule has 0 bridgehead atoms. The Labute approximate surface area is 75.3 Å². The normalized spacial score (nSPS) is 15.3. The first-order valence-corrected chi connectivity index (χ1v) is 4.69. The van der Waals surface area contributed by atoms with Gasteiger partial charge in [-0.1, -0.05) is 33.6 Å². The number of hydrogen-bond acceptors (Lipinski definition) is 2. The topological polar surface area (TPSA) is 26.3 Å². The molecule has 0 spiro atoms. The molecular formula is C10H20O2. The Hall–Kier alpha value is -0.530. The Morgan fingerprint density at radius 3 is 2.42 bits per heavy atom. The minimum atomic E-state index is -0.0852. The number of methoxy groups -OCH3 is 1. The minimum Gasteiger partial charge on any atom is -0.469 e. The average molecular weight is 172 g/mol. The van der Waals surface area contributed by atoms with E-state index in [4.69, 9.17) is 0 Å². The third-order valence-corrected chi connectivity index (χ3v) is 2.14. The van der Waals surface area contributed by atoms with E-state index >= 15 is 0 Å². The van der Waals surface area contributed by atoms with Gasteiger partial charge in [-0.25, -0.2) is 0 Å². The highest BCUT2D eigenvalue weighted by Gasteiger charge is 2.15. The molecule has 0 heterocycles. The largest absolute Gasteiger partial charge is 0.469 e. The summed E-state index contributed by atoms with van der Waals surface area (Å²) in [6, 6.07) is 0. The Kier molecular flexibility index (Phi) is 5.77. The van der Waals surface area contributed by atoms with Gasteiger partial charge in [-0.3, -0.25) is 4.79 Å². The average Bonchev–Trinajstić information content (AvgIpc) is 2.03. The van der Waals surface area contributed by atoms with Crippen LogP contribution in [0.4, 0.5) is 0 Å². The Balaban J connectivity index is 3.67. The van der Waals surface area contributed by atoms with E-state index < -0.39 is 0 Å². The lowest BCUT2D eigenvalue weighted by Crippen LogP contribution is -2.15. The number of esters is 1. The summed E-state index contributed by atoms with van der Waals surface area (Å²) >= 11 is 0. The molecule has 12 heavy (non-hydrogen) atoms. The molecular weight excluding hydrogens is 152 g/mol. The van der Waals surface area contributed by atoms with Crippen LogP contribution in [0.2, 0.25) is 0 Å². The van der Waals surface area contributed by atoms with Gasteiger partial charge in [-0.2, -0.15) is 0 Å². The molecule has 2 heteroatoms. The van der Waals surface area contributed by atoms with E-state index in [1.54, 1.807) is 0 Å². The van der Waals surface area contributed by atoms with Crippen molar-refractivity contribution >= 4 is 5.97 Å². The van der Waals surface area contributed by atoms with Crippen molar-refractivity contribution in [3.63, 3.8) is 0 Å². The first kappa shape index (κ1) is 11.5. The highest BCUT2D eigenvalue weighted by Crippen LogP contribution is 2.17. The van der Waals surface area contributed by atoms with E-state index in [1.165, 1.54) is 20.0 Å². The minimum absolute atomic E-state index is 0.0524. The van der Waals surface area contributed by atoms with Crippen molar-refractivity contribution in [3.8, 4) is 0 Å². The second kappa shape index (κ2) is 6.04. The molecule has 0 aliphatic rings. The first-order chi connectivity index (χ1) is 5.61. The summed E-state index contributed by atoms with van der Waals surface area (Å²) in [6.45, 7) is 6.28. The number of ether oxygens (including phenoxy) is 1. The van der Waals surface area contributed by atoms with Crippen molar-refractivity contribution in [2.75, 3.05) is 7.11 Å². The predicted molar refractivity (Wildman–Crippen MR) is 49.9 cm³/mol. The maximum absolute atomic E-state index is 11.0. The number of rotatable bonds is 5. The molecule has 2 nitrogen and oxygen atoms in total. The summed E-state index contributed by atoms with van der Waals surface area (Å²) in [5.41, 5.74) is 0. The van der Waals surface area contributed by atoms with Crippen LogP contribution in [0.5, 0.6) is 0 Å². The fraction of sp³-hybridized carbons (Fsp3) is 0.900. The summed E-state index contributed by atoms with van der Waals surface area (Å²) in [4.78, 5) is 11.0. The first-order valence-electron chi connectivity index (χ1n) is 4.69. The number of hydrogen-bond donors (Lipinski definition) is 0. The maximum atomic E-state index is 11.0. The van der Waals surface area contributed by atoms with E-state index in [0.717, 1.165) is 6.42 Å². The molecule has 0 aromatic heterocycles. The standard InChI is InChI=1S/C10H20O2/c1-5-6-8(2)7-9(3)10(11)12-4/h8-9H,5-7H2,1-4H3. The lowest BCUT2D eigenvalue weighted by molar-refractivity contribution is -0.145. The Morgan fingerprint density at radius 2 is 2.00 bits per heavy atom. The van der Waals surface area contributed by atoms with Gasteiger partial charge in [0, 0.05) is 0 Å². The zero-order valence-electron chi connectivity index (χ0n) is 8.59. The van der Waals surface area contributed by atoms with Crippen LogP contribution in [0.3, 0.4) is 0 Å². The quantitative estimate of drug-likeness (QED) is 0.596. The van der Waals surface area contributed by atoms with Gasteiger partial charge in [0.15, 0.2) is 0 Å². The SMILES string of the molecule is CCCC(C)CC(C)C(=O)OC. The van der Waals surface area contributed by atoms with Crippen LogP contribution in [0.1, 0.15) is 40.0 Å². The van der Waals surface area contributed by atoms with Gasteiger partial charge in [-0.15, -0.1) is 0 Å². The molecule has 2 atom stereocenters. The lowest BCUT2D eigenvalue weighted by atomic mass is 9.94. The Morgan fingerprint density at radius 1 is 1.42 bits per heavy atom. The van der Waals surface area contributed by atoms with Crippen LogP contribution in [0, 0.1) is 11.8 Å². The van der Waals surface area contributed by atoms with Gasteiger partial charge < -0.3 is 4.74 Å².